The SMILES string of the molecule is CCC(NC(=O)c1ccc(OC)nc1)C1CCC(c2ccnc3c(OC)cc(C(F)(F)F)cc23)CC1. The summed E-state index contributed by atoms with van der Waals surface area (Å²) < 4.78 is 50.9. The molecule has 0 aliphatic heterocycles. The van der Waals surface area contributed by atoms with Gasteiger partial charge in [0.2, 0.25) is 5.88 Å². The first-order valence-electron chi connectivity index (χ1n) is 12.1. The molecular weight excluding hydrogens is 471 g/mol. The van der Waals surface area contributed by atoms with Crippen molar-refractivity contribution in [2.45, 2.75) is 57.2 Å². The third-order valence-corrected chi connectivity index (χ3v) is 7.14. The molecule has 6 nitrogen and oxygen atoms in total. The number of nitrogens with one attached hydrogen (secondary N) is 1. The Bertz CT molecular complexity index is 1210. The van der Waals surface area contributed by atoms with E-state index in [-0.39, 0.29) is 29.5 Å². The molecule has 1 saturated carbocycles. The Labute approximate surface area is 208 Å². The van der Waals surface area contributed by atoms with Crippen LogP contribution in [0.5, 0.6) is 11.6 Å². The number of pyridine rings is 2. The summed E-state index contributed by atoms with van der Waals surface area (Å²) in [7, 11) is 2.88. The van der Waals surface area contributed by atoms with Crippen LogP contribution in [0.4, 0.5) is 13.2 Å². The fourth-order valence-electron chi connectivity index (χ4n) is 5.19. The molecule has 1 amide bonds. The first-order valence-corrected chi connectivity index (χ1v) is 12.1. The van der Waals surface area contributed by atoms with E-state index < -0.39 is 11.7 Å². The zero-order chi connectivity index (χ0) is 25.9. The number of carbonyl (C=O) groups is 1. The number of ether oxygens (including phenoxy) is 2. The highest BCUT2D eigenvalue weighted by molar-refractivity contribution is 5.94. The molecule has 0 saturated heterocycles. The van der Waals surface area contributed by atoms with Gasteiger partial charge in [0.1, 0.15) is 11.3 Å². The van der Waals surface area contributed by atoms with E-state index in [9.17, 15) is 18.0 Å². The Hall–Kier alpha value is -3.36. The molecule has 9 heteroatoms. The lowest BCUT2D eigenvalue weighted by Crippen LogP contribution is -2.41. The van der Waals surface area contributed by atoms with Gasteiger partial charge in [0.05, 0.1) is 25.3 Å². The normalized spacial score (nSPS) is 19.1. The van der Waals surface area contributed by atoms with Crippen molar-refractivity contribution >= 4 is 16.8 Å². The highest BCUT2D eigenvalue weighted by Crippen LogP contribution is 2.43. The van der Waals surface area contributed by atoms with Crippen molar-refractivity contribution in [3.8, 4) is 11.6 Å². The number of hydrogen-bond donors (Lipinski definition) is 1. The Kier molecular flexibility index (Phi) is 7.66. The molecule has 0 radical (unpaired) electrons. The second-order valence-corrected chi connectivity index (χ2v) is 9.16. The Morgan fingerprint density at radius 3 is 2.42 bits per heavy atom. The van der Waals surface area contributed by atoms with E-state index in [1.807, 2.05) is 13.0 Å². The van der Waals surface area contributed by atoms with Crippen LogP contribution in [0, 0.1) is 5.92 Å². The van der Waals surface area contributed by atoms with Crippen molar-refractivity contribution in [1.82, 2.24) is 15.3 Å². The molecule has 36 heavy (non-hydrogen) atoms. The average molecular weight is 502 g/mol. The van der Waals surface area contributed by atoms with E-state index in [2.05, 4.69) is 15.3 Å². The van der Waals surface area contributed by atoms with Crippen LogP contribution in [0.25, 0.3) is 10.9 Å². The highest BCUT2D eigenvalue weighted by Gasteiger charge is 2.34. The summed E-state index contributed by atoms with van der Waals surface area (Å²) in [6.45, 7) is 2.05. The maximum Gasteiger partial charge on any atom is 0.416 e. The predicted molar refractivity (Wildman–Crippen MR) is 130 cm³/mol. The maximum absolute atomic E-state index is 13.5. The minimum atomic E-state index is -4.47. The number of alkyl halides is 3. The van der Waals surface area contributed by atoms with Crippen molar-refractivity contribution < 1.29 is 27.4 Å². The monoisotopic (exact) mass is 501 g/mol. The van der Waals surface area contributed by atoms with Crippen molar-refractivity contribution in [3.63, 3.8) is 0 Å². The molecule has 1 aliphatic rings. The molecular formula is C27H30F3N3O3. The molecule has 192 valence electrons. The lowest BCUT2D eigenvalue weighted by molar-refractivity contribution is -0.137. The zero-order valence-corrected chi connectivity index (χ0v) is 20.6. The number of methoxy groups -OCH3 is 2. The predicted octanol–water partition coefficient (Wildman–Crippen LogP) is 6.15. The molecule has 3 aromatic rings. The molecule has 4 rings (SSSR count). The van der Waals surface area contributed by atoms with Gasteiger partial charge in [-0.15, -0.1) is 0 Å². The van der Waals surface area contributed by atoms with E-state index in [0.29, 0.717) is 22.3 Å². The molecule has 2 heterocycles. The van der Waals surface area contributed by atoms with Gasteiger partial charge >= 0.3 is 6.18 Å². The smallest absolute Gasteiger partial charge is 0.416 e. The minimum Gasteiger partial charge on any atom is -0.494 e. The highest BCUT2D eigenvalue weighted by atomic mass is 19.4. The van der Waals surface area contributed by atoms with Crippen LogP contribution in [0.1, 0.15) is 66.4 Å². The summed E-state index contributed by atoms with van der Waals surface area (Å²) in [5.74, 6) is 0.789. The molecule has 1 aliphatic carbocycles. The maximum atomic E-state index is 13.5. The van der Waals surface area contributed by atoms with Gasteiger partial charge in [-0.25, -0.2) is 4.98 Å². The molecule has 1 atom stereocenters. The Morgan fingerprint density at radius 2 is 1.83 bits per heavy atom. The van der Waals surface area contributed by atoms with Crippen LogP contribution in [0.3, 0.4) is 0 Å². The topological polar surface area (TPSA) is 73.3 Å². The number of benzene rings is 1. The standard InChI is InChI=1S/C27H30F3N3O3/c1-4-22(33-26(34)18-9-10-24(36-3)32-15-18)17-7-5-16(6-8-17)20-11-12-31-25-21(20)13-19(27(28,29)30)14-23(25)35-2/h9-17,22H,4-8H2,1-3H3,(H,33,34). The van der Waals surface area contributed by atoms with Crippen molar-refractivity contribution in [1.29, 1.82) is 0 Å². The fourth-order valence-corrected chi connectivity index (χ4v) is 5.19. The van der Waals surface area contributed by atoms with Crippen LogP contribution in [0.15, 0.2) is 42.7 Å². The van der Waals surface area contributed by atoms with E-state index in [0.717, 1.165) is 43.7 Å². The van der Waals surface area contributed by atoms with Gasteiger partial charge in [0.25, 0.3) is 5.91 Å². The quantitative estimate of drug-likeness (QED) is 0.421. The second-order valence-electron chi connectivity index (χ2n) is 9.16. The number of nitrogens with zero attached hydrogens (tertiary/aromatic N) is 2. The molecule has 1 aromatic carbocycles. The minimum absolute atomic E-state index is 0.00617. The number of rotatable bonds is 7. The van der Waals surface area contributed by atoms with E-state index in [4.69, 9.17) is 9.47 Å². The van der Waals surface area contributed by atoms with Crippen molar-refractivity contribution in [2.24, 2.45) is 5.92 Å². The molecule has 1 unspecified atom stereocenters. The zero-order valence-electron chi connectivity index (χ0n) is 20.6. The number of halogens is 3. The fraction of sp³-hybridized carbons (Fsp3) is 0.444. The van der Waals surface area contributed by atoms with Crippen molar-refractivity contribution in [3.05, 3.63) is 59.4 Å². The molecule has 0 bridgehead atoms. The van der Waals surface area contributed by atoms with Gasteiger partial charge < -0.3 is 14.8 Å². The van der Waals surface area contributed by atoms with Crippen LogP contribution in [-0.2, 0) is 6.18 Å². The lowest BCUT2D eigenvalue weighted by atomic mass is 9.75. The molecule has 0 spiro atoms. The lowest BCUT2D eigenvalue weighted by Gasteiger charge is -2.34. The van der Waals surface area contributed by atoms with Gasteiger partial charge in [-0.2, -0.15) is 13.2 Å². The molecule has 1 N–H and O–H groups in total. The van der Waals surface area contributed by atoms with Crippen LogP contribution in [0.2, 0.25) is 0 Å². The number of hydrogen-bond acceptors (Lipinski definition) is 5. The van der Waals surface area contributed by atoms with Crippen molar-refractivity contribution in [2.75, 3.05) is 14.2 Å². The van der Waals surface area contributed by atoms with Crippen LogP contribution < -0.4 is 14.8 Å². The van der Waals surface area contributed by atoms with E-state index >= 15 is 0 Å². The number of amides is 1. The Balaban J connectivity index is 1.49. The first-order chi connectivity index (χ1) is 17.2. The summed E-state index contributed by atoms with van der Waals surface area (Å²) in [5.41, 5.74) is 1.04. The van der Waals surface area contributed by atoms with Gasteiger partial charge in [0, 0.05) is 29.9 Å². The molecule has 2 aromatic heterocycles. The van der Waals surface area contributed by atoms with Crippen LogP contribution in [-0.4, -0.2) is 36.1 Å². The van der Waals surface area contributed by atoms with Gasteiger partial charge in [-0.3, -0.25) is 9.78 Å². The Morgan fingerprint density at radius 1 is 1.08 bits per heavy atom. The summed E-state index contributed by atoms with van der Waals surface area (Å²) in [6, 6.07) is 7.35. The van der Waals surface area contributed by atoms with Gasteiger partial charge in [0.15, 0.2) is 0 Å². The van der Waals surface area contributed by atoms with E-state index in [1.165, 1.54) is 26.5 Å². The van der Waals surface area contributed by atoms with E-state index in [1.54, 1.807) is 18.3 Å². The van der Waals surface area contributed by atoms with Gasteiger partial charge in [-0.05, 0) is 73.8 Å². The third-order valence-electron chi connectivity index (χ3n) is 7.14. The van der Waals surface area contributed by atoms with Crippen LogP contribution >= 0.6 is 0 Å². The number of fused-ring (bicyclic) bond motifs is 1. The third kappa shape index (κ3) is 5.39. The number of carbonyl (C=O) groups excluding carboxylic acids is 1. The summed E-state index contributed by atoms with van der Waals surface area (Å²) in [4.78, 5) is 21.2. The van der Waals surface area contributed by atoms with Gasteiger partial charge in [-0.1, -0.05) is 6.92 Å². The number of aromatic nitrogens is 2. The molecule has 1 fully saturated rings. The second kappa shape index (κ2) is 10.7. The summed E-state index contributed by atoms with van der Waals surface area (Å²) in [5, 5.41) is 3.63. The largest absolute Gasteiger partial charge is 0.494 e. The first kappa shape index (κ1) is 25.7. The average Bonchev–Trinajstić information content (AvgIpc) is 2.90. The summed E-state index contributed by atoms with van der Waals surface area (Å²) >= 11 is 0. The summed E-state index contributed by atoms with van der Waals surface area (Å²) in [6.07, 6.45) is 2.81.